The van der Waals surface area contributed by atoms with Gasteiger partial charge >= 0.3 is 5.97 Å². The van der Waals surface area contributed by atoms with Crippen LogP contribution in [0.5, 0.6) is 0 Å². The van der Waals surface area contributed by atoms with Gasteiger partial charge in [-0.25, -0.2) is 14.8 Å². The second kappa shape index (κ2) is 8.84. The average Bonchev–Trinajstić information content (AvgIpc) is 2.71. The maximum atomic E-state index is 12.3. The Hall–Kier alpha value is -2.93. The molecule has 144 valence electrons. The molecule has 0 saturated heterocycles. The SMILES string of the molecule is COC(=O)c1ccc(NC(=O)CSc2nc(C(C)C)nc3ccccc23)cc1. The summed E-state index contributed by atoms with van der Waals surface area (Å²) < 4.78 is 4.66. The highest BCUT2D eigenvalue weighted by molar-refractivity contribution is 8.00. The predicted molar refractivity (Wildman–Crippen MR) is 111 cm³/mol. The zero-order chi connectivity index (χ0) is 20.1. The number of fused-ring (bicyclic) bond motifs is 1. The molecule has 0 aliphatic heterocycles. The fourth-order valence-corrected chi connectivity index (χ4v) is 3.40. The largest absolute Gasteiger partial charge is 0.465 e. The van der Waals surface area contributed by atoms with Crippen LogP contribution < -0.4 is 5.32 Å². The second-order valence-corrected chi connectivity index (χ2v) is 7.43. The van der Waals surface area contributed by atoms with Crippen molar-refractivity contribution >= 4 is 40.2 Å². The van der Waals surface area contributed by atoms with Crippen molar-refractivity contribution in [2.24, 2.45) is 0 Å². The third-order valence-electron chi connectivity index (χ3n) is 4.03. The molecule has 7 heteroatoms. The lowest BCUT2D eigenvalue weighted by Gasteiger charge is -2.10. The van der Waals surface area contributed by atoms with E-state index in [1.165, 1.54) is 18.9 Å². The molecule has 0 saturated carbocycles. The van der Waals surface area contributed by atoms with E-state index in [1.807, 2.05) is 38.1 Å². The van der Waals surface area contributed by atoms with Gasteiger partial charge in [-0.15, -0.1) is 0 Å². The number of nitrogens with zero attached hydrogens (tertiary/aromatic N) is 2. The third kappa shape index (κ3) is 4.67. The maximum absolute atomic E-state index is 12.3. The van der Waals surface area contributed by atoms with Crippen LogP contribution in [0.25, 0.3) is 10.9 Å². The summed E-state index contributed by atoms with van der Waals surface area (Å²) in [4.78, 5) is 33.0. The van der Waals surface area contributed by atoms with E-state index in [1.54, 1.807) is 24.3 Å². The van der Waals surface area contributed by atoms with Crippen molar-refractivity contribution in [3.8, 4) is 0 Å². The predicted octanol–water partition coefficient (Wildman–Crippen LogP) is 4.27. The summed E-state index contributed by atoms with van der Waals surface area (Å²) in [5, 5.41) is 4.56. The average molecular weight is 395 g/mol. The summed E-state index contributed by atoms with van der Waals surface area (Å²) in [7, 11) is 1.33. The van der Waals surface area contributed by atoms with Crippen LogP contribution in [0.4, 0.5) is 5.69 Å². The van der Waals surface area contributed by atoms with Crippen molar-refractivity contribution in [3.63, 3.8) is 0 Å². The number of nitrogens with one attached hydrogen (secondary N) is 1. The van der Waals surface area contributed by atoms with E-state index in [-0.39, 0.29) is 17.6 Å². The quantitative estimate of drug-likeness (QED) is 0.381. The number of carbonyl (C=O) groups excluding carboxylic acids is 2. The number of methoxy groups -OCH3 is 1. The highest BCUT2D eigenvalue weighted by Crippen LogP contribution is 2.27. The van der Waals surface area contributed by atoms with Gasteiger partial charge in [-0.1, -0.05) is 43.8 Å². The minimum absolute atomic E-state index is 0.149. The van der Waals surface area contributed by atoms with Crippen molar-refractivity contribution in [1.82, 2.24) is 9.97 Å². The Kier molecular flexibility index (Phi) is 6.26. The molecule has 0 unspecified atom stereocenters. The number of aromatic nitrogens is 2. The van der Waals surface area contributed by atoms with Crippen LogP contribution in [0.3, 0.4) is 0 Å². The maximum Gasteiger partial charge on any atom is 0.337 e. The van der Waals surface area contributed by atoms with E-state index in [0.717, 1.165) is 21.8 Å². The highest BCUT2D eigenvalue weighted by atomic mass is 32.2. The number of benzene rings is 2. The number of ether oxygens (including phenoxy) is 1. The van der Waals surface area contributed by atoms with Crippen LogP contribution in [0.2, 0.25) is 0 Å². The van der Waals surface area contributed by atoms with Gasteiger partial charge < -0.3 is 10.1 Å². The van der Waals surface area contributed by atoms with Gasteiger partial charge in [0.05, 0.1) is 23.9 Å². The second-order valence-electron chi connectivity index (χ2n) is 6.46. The molecule has 0 aliphatic carbocycles. The molecule has 0 aliphatic rings. The zero-order valence-corrected chi connectivity index (χ0v) is 16.7. The molecule has 1 N–H and O–H groups in total. The molecular formula is C21H21N3O3S. The number of anilines is 1. The number of amides is 1. The fraction of sp³-hybridized carbons (Fsp3) is 0.238. The van der Waals surface area contributed by atoms with Crippen molar-refractivity contribution < 1.29 is 14.3 Å². The first-order valence-corrected chi connectivity index (χ1v) is 9.84. The van der Waals surface area contributed by atoms with Gasteiger partial charge in [0.2, 0.25) is 5.91 Å². The van der Waals surface area contributed by atoms with E-state index < -0.39 is 5.97 Å². The Morgan fingerprint density at radius 1 is 1.07 bits per heavy atom. The van der Waals surface area contributed by atoms with Crippen LogP contribution >= 0.6 is 11.8 Å². The summed E-state index contributed by atoms with van der Waals surface area (Å²) in [6, 6.07) is 14.4. The van der Waals surface area contributed by atoms with Gasteiger partial charge in [-0.05, 0) is 30.3 Å². The molecule has 1 amide bonds. The molecule has 1 aromatic heterocycles. The molecule has 6 nitrogen and oxygen atoms in total. The Bertz CT molecular complexity index is 1000. The molecule has 2 aromatic carbocycles. The first-order valence-electron chi connectivity index (χ1n) is 8.85. The Balaban J connectivity index is 1.70. The molecule has 3 rings (SSSR count). The van der Waals surface area contributed by atoms with Gasteiger partial charge in [0, 0.05) is 17.0 Å². The van der Waals surface area contributed by atoms with Gasteiger partial charge in [0.25, 0.3) is 0 Å². The number of rotatable bonds is 6. The normalized spacial score (nSPS) is 10.9. The number of carbonyl (C=O) groups is 2. The van der Waals surface area contributed by atoms with E-state index in [4.69, 9.17) is 0 Å². The van der Waals surface area contributed by atoms with E-state index in [9.17, 15) is 9.59 Å². The van der Waals surface area contributed by atoms with Gasteiger partial charge in [-0.2, -0.15) is 0 Å². The van der Waals surface area contributed by atoms with Crippen LogP contribution in [0.15, 0.2) is 53.6 Å². The summed E-state index contributed by atoms with van der Waals surface area (Å²) in [6.45, 7) is 4.09. The number of thioether (sulfide) groups is 1. The smallest absolute Gasteiger partial charge is 0.337 e. The van der Waals surface area contributed by atoms with Crippen LogP contribution in [-0.4, -0.2) is 34.7 Å². The standard InChI is InChI=1S/C21H21N3O3S/c1-13(2)19-23-17-7-5-4-6-16(17)20(24-19)28-12-18(25)22-15-10-8-14(9-11-15)21(26)27-3/h4-11,13H,12H2,1-3H3,(H,22,25). The first kappa shape index (κ1) is 19.8. The molecule has 28 heavy (non-hydrogen) atoms. The minimum Gasteiger partial charge on any atom is -0.465 e. The molecule has 1 heterocycles. The monoisotopic (exact) mass is 395 g/mol. The Morgan fingerprint density at radius 2 is 1.79 bits per heavy atom. The van der Waals surface area contributed by atoms with Crippen molar-refractivity contribution in [2.45, 2.75) is 24.8 Å². The van der Waals surface area contributed by atoms with Crippen LogP contribution in [0.1, 0.15) is 35.9 Å². The lowest BCUT2D eigenvalue weighted by atomic mass is 10.2. The van der Waals surface area contributed by atoms with Crippen molar-refractivity contribution in [3.05, 3.63) is 59.9 Å². The van der Waals surface area contributed by atoms with Crippen LogP contribution in [0, 0.1) is 0 Å². The van der Waals surface area contributed by atoms with Gasteiger partial charge in [-0.3, -0.25) is 4.79 Å². The number of esters is 1. The minimum atomic E-state index is -0.412. The molecule has 0 radical (unpaired) electrons. The Labute approximate surface area is 167 Å². The molecule has 0 bridgehead atoms. The zero-order valence-electron chi connectivity index (χ0n) is 15.9. The highest BCUT2D eigenvalue weighted by Gasteiger charge is 2.13. The lowest BCUT2D eigenvalue weighted by Crippen LogP contribution is -2.14. The lowest BCUT2D eigenvalue weighted by molar-refractivity contribution is -0.113. The molecule has 3 aromatic rings. The third-order valence-corrected chi connectivity index (χ3v) is 5.02. The number of hydrogen-bond acceptors (Lipinski definition) is 6. The van der Waals surface area contributed by atoms with Gasteiger partial charge in [0.15, 0.2) is 0 Å². The molecule has 0 fully saturated rings. The summed E-state index contributed by atoms with van der Waals surface area (Å²) in [6.07, 6.45) is 0. The summed E-state index contributed by atoms with van der Waals surface area (Å²) in [5.41, 5.74) is 1.93. The van der Waals surface area contributed by atoms with Gasteiger partial charge in [0.1, 0.15) is 10.9 Å². The molecule has 0 spiro atoms. The van der Waals surface area contributed by atoms with Crippen molar-refractivity contribution in [2.75, 3.05) is 18.2 Å². The summed E-state index contributed by atoms with van der Waals surface area (Å²) in [5.74, 6) is 0.623. The number of para-hydroxylation sites is 1. The van der Waals surface area contributed by atoms with Crippen LogP contribution in [-0.2, 0) is 9.53 Å². The van der Waals surface area contributed by atoms with Crippen molar-refractivity contribution in [1.29, 1.82) is 0 Å². The van der Waals surface area contributed by atoms with E-state index >= 15 is 0 Å². The molecule has 0 atom stereocenters. The topological polar surface area (TPSA) is 81.2 Å². The molecular weight excluding hydrogens is 374 g/mol. The van der Waals surface area contributed by atoms with E-state index in [0.29, 0.717) is 11.3 Å². The van der Waals surface area contributed by atoms with E-state index in [2.05, 4.69) is 20.0 Å². The Morgan fingerprint density at radius 3 is 2.46 bits per heavy atom. The first-order chi connectivity index (χ1) is 13.5. The number of hydrogen-bond donors (Lipinski definition) is 1. The fourth-order valence-electron chi connectivity index (χ4n) is 2.57. The summed E-state index contributed by atoms with van der Waals surface area (Å²) >= 11 is 1.38.